The molecule has 0 unspecified atom stereocenters. The zero-order valence-corrected chi connectivity index (χ0v) is 6.38. The summed E-state index contributed by atoms with van der Waals surface area (Å²) >= 11 is 0. The van der Waals surface area contributed by atoms with Gasteiger partial charge in [0.25, 0.3) is 0 Å². The van der Waals surface area contributed by atoms with E-state index < -0.39 is 12.1 Å². The van der Waals surface area contributed by atoms with Crippen LogP contribution in [0.5, 0.6) is 0 Å². The van der Waals surface area contributed by atoms with E-state index >= 15 is 0 Å². The second-order valence-electron chi connectivity index (χ2n) is 2.28. The van der Waals surface area contributed by atoms with E-state index in [2.05, 4.69) is 14.6 Å². The van der Waals surface area contributed by atoms with Crippen molar-refractivity contribution >= 4 is 6.01 Å². The summed E-state index contributed by atoms with van der Waals surface area (Å²) in [5, 5.41) is 6.00. The fraction of sp³-hybridized carbons (Fsp3) is 0.600. The molecule has 1 aromatic heterocycles. The molecule has 0 aromatic carbocycles. The Morgan fingerprint density at radius 2 is 1.83 bits per heavy atom. The van der Waals surface area contributed by atoms with Gasteiger partial charge in [-0.3, -0.25) is 0 Å². The van der Waals surface area contributed by atoms with Crippen LogP contribution in [-0.4, -0.2) is 24.3 Å². The van der Waals surface area contributed by atoms with E-state index in [9.17, 15) is 13.2 Å². The quantitative estimate of drug-likeness (QED) is 0.651. The molecule has 1 aromatic rings. The van der Waals surface area contributed by atoms with Crippen molar-refractivity contribution in [2.24, 2.45) is 0 Å². The SMILES string of the molecule is CN(C)c1nnc(C(F)(F)F)o1. The highest BCUT2D eigenvalue weighted by Gasteiger charge is 2.38. The van der Waals surface area contributed by atoms with Gasteiger partial charge < -0.3 is 9.32 Å². The van der Waals surface area contributed by atoms with Crippen molar-refractivity contribution in [3.63, 3.8) is 0 Å². The lowest BCUT2D eigenvalue weighted by Crippen LogP contribution is -2.08. The Kier molecular flexibility index (Phi) is 1.95. The molecule has 68 valence electrons. The third-order valence-electron chi connectivity index (χ3n) is 1.04. The summed E-state index contributed by atoms with van der Waals surface area (Å²) in [5.41, 5.74) is 0. The van der Waals surface area contributed by atoms with Crippen LogP contribution in [0.4, 0.5) is 19.2 Å². The van der Waals surface area contributed by atoms with Crippen molar-refractivity contribution in [1.82, 2.24) is 10.2 Å². The molecule has 0 saturated heterocycles. The van der Waals surface area contributed by atoms with Gasteiger partial charge >= 0.3 is 18.1 Å². The maximum atomic E-state index is 11.8. The van der Waals surface area contributed by atoms with Gasteiger partial charge in [-0.25, -0.2) is 0 Å². The second kappa shape index (κ2) is 2.65. The monoisotopic (exact) mass is 181 g/mol. The average Bonchev–Trinajstić information content (AvgIpc) is 2.30. The van der Waals surface area contributed by atoms with E-state index in [0.29, 0.717) is 0 Å². The Morgan fingerprint density at radius 1 is 1.25 bits per heavy atom. The van der Waals surface area contributed by atoms with Gasteiger partial charge in [0.2, 0.25) is 0 Å². The van der Waals surface area contributed by atoms with Crippen molar-refractivity contribution in [3.8, 4) is 0 Å². The van der Waals surface area contributed by atoms with Gasteiger partial charge in [-0.15, -0.1) is 5.10 Å². The van der Waals surface area contributed by atoms with Crippen LogP contribution in [0.1, 0.15) is 5.89 Å². The zero-order valence-electron chi connectivity index (χ0n) is 6.38. The fourth-order valence-electron chi connectivity index (χ4n) is 0.511. The number of rotatable bonds is 1. The minimum Gasteiger partial charge on any atom is -0.399 e. The van der Waals surface area contributed by atoms with E-state index in [1.165, 1.54) is 19.0 Å². The largest absolute Gasteiger partial charge is 0.470 e. The fourth-order valence-corrected chi connectivity index (χ4v) is 0.511. The van der Waals surface area contributed by atoms with Gasteiger partial charge in [0.05, 0.1) is 0 Å². The second-order valence-corrected chi connectivity index (χ2v) is 2.28. The molecular formula is C5H6F3N3O. The molecule has 0 bridgehead atoms. The minimum absolute atomic E-state index is 0.165. The molecule has 0 saturated carbocycles. The first kappa shape index (κ1) is 8.82. The van der Waals surface area contributed by atoms with Crippen LogP contribution < -0.4 is 4.90 Å². The molecule has 0 N–H and O–H groups in total. The highest BCUT2D eigenvalue weighted by Crippen LogP contribution is 2.28. The number of hydrogen-bond acceptors (Lipinski definition) is 4. The summed E-state index contributed by atoms with van der Waals surface area (Å²) in [5.74, 6) is -1.33. The van der Waals surface area contributed by atoms with Crippen molar-refractivity contribution in [3.05, 3.63) is 5.89 Å². The molecule has 7 heteroatoms. The Balaban J connectivity index is 2.92. The summed E-state index contributed by atoms with van der Waals surface area (Å²) in [6.07, 6.45) is -4.57. The summed E-state index contributed by atoms with van der Waals surface area (Å²) in [6.45, 7) is 0. The number of aromatic nitrogens is 2. The predicted octanol–water partition coefficient (Wildman–Crippen LogP) is 1.15. The van der Waals surface area contributed by atoms with Crippen LogP contribution in [0, 0.1) is 0 Å². The van der Waals surface area contributed by atoms with Crippen LogP contribution in [0.15, 0.2) is 4.42 Å². The highest BCUT2D eigenvalue weighted by molar-refractivity contribution is 5.19. The van der Waals surface area contributed by atoms with Crippen molar-refractivity contribution < 1.29 is 17.6 Å². The van der Waals surface area contributed by atoms with Gasteiger partial charge in [-0.05, 0) is 0 Å². The molecule has 0 aliphatic heterocycles. The first-order chi connectivity index (χ1) is 5.41. The third-order valence-corrected chi connectivity index (χ3v) is 1.04. The maximum Gasteiger partial charge on any atom is 0.470 e. The van der Waals surface area contributed by atoms with E-state index in [1.54, 1.807) is 0 Å². The van der Waals surface area contributed by atoms with Crippen LogP contribution >= 0.6 is 0 Å². The van der Waals surface area contributed by atoms with Crippen LogP contribution in [0.3, 0.4) is 0 Å². The molecule has 0 spiro atoms. The third kappa shape index (κ3) is 1.66. The average molecular weight is 181 g/mol. The topological polar surface area (TPSA) is 42.2 Å². The Morgan fingerprint density at radius 3 is 2.08 bits per heavy atom. The molecule has 0 fully saturated rings. The molecule has 0 atom stereocenters. The molecule has 0 amide bonds. The van der Waals surface area contributed by atoms with E-state index in [0.717, 1.165) is 0 Å². The van der Waals surface area contributed by atoms with Gasteiger partial charge in [0, 0.05) is 14.1 Å². The number of alkyl halides is 3. The van der Waals surface area contributed by atoms with Gasteiger partial charge in [-0.1, -0.05) is 5.10 Å². The summed E-state index contributed by atoms with van der Waals surface area (Å²) in [4.78, 5) is 1.29. The van der Waals surface area contributed by atoms with E-state index in [1.807, 2.05) is 0 Å². The number of nitrogens with zero attached hydrogens (tertiary/aromatic N) is 3. The van der Waals surface area contributed by atoms with Crippen LogP contribution in [0.25, 0.3) is 0 Å². The molecule has 0 radical (unpaired) electrons. The number of anilines is 1. The molecule has 1 rings (SSSR count). The molecule has 4 nitrogen and oxygen atoms in total. The van der Waals surface area contributed by atoms with Crippen molar-refractivity contribution in [2.75, 3.05) is 19.0 Å². The first-order valence-electron chi connectivity index (χ1n) is 2.99. The van der Waals surface area contributed by atoms with Crippen molar-refractivity contribution in [1.29, 1.82) is 0 Å². The smallest absolute Gasteiger partial charge is 0.399 e. The number of hydrogen-bond donors (Lipinski definition) is 0. The predicted molar refractivity (Wildman–Crippen MR) is 33.6 cm³/mol. The molecule has 12 heavy (non-hydrogen) atoms. The van der Waals surface area contributed by atoms with Crippen molar-refractivity contribution in [2.45, 2.75) is 6.18 Å². The minimum atomic E-state index is -4.57. The van der Waals surface area contributed by atoms with Crippen LogP contribution in [-0.2, 0) is 6.18 Å². The zero-order chi connectivity index (χ0) is 9.35. The standard InChI is InChI=1S/C5H6F3N3O/c1-11(2)4-10-9-3(12-4)5(6,7)8/h1-2H3. The van der Waals surface area contributed by atoms with Gasteiger partial charge in [0.1, 0.15) is 0 Å². The Labute approximate surface area is 66.0 Å². The Hall–Kier alpha value is -1.27. The molecule has 0 aliphatic carbocycles. The number of halogens is 3. The van der Waals surface area contributed by atoms with Gasteiger partial charge in [-0.2, -0.15) is 13.2 Å². The lowest BCUT2D eigenvalue weighted by atomic mass is 10.7. The normalized spacial score (nSPS) is 11.8. The van der Waals surface area contributed by atoms with Crippen LogP contribution in [0.2, 0.25) is 0 Å². The molecular weight excluding hydrogens is 175 g/mol. The van der Waals surface area contributed by atoms with E-state index in [4.69, 9.17) is 0 Å². The summed E-state index contributed by atoms with van der Waals surface area (Å²) in [7, 11) is 3.02. The van der Waals surface area contributed by atoms with Gasteiger partial charge in [0.15, 0.2) is 0 Å². The lowest BCUT2D eigenvalue weighted by Gasteiger charge is -2.03. The molecule has 1 heterocycles. The Bertz CT molecular complexity index is 267. The first-order valence-corrected chi connectivity index (χ1v) is 2.99. The highest BCUT2D eigenvalue weighted by atomic mass is 19.4. The maximum absolute atomic E-state index is 11.8. The summed E-state index contributed by atoms with van der Waals surface area (Å²) in [6, 6.07) is -0.165. The lowest BCUT2D eigenvalue weighted by molar-refractivity contribution is -0.156. The van der Waals surface area contributed by atoms with E-state index in [-0.39, 0.29) is 6.01 Å². The summed E-state index contributed by atoms with van der Waals surface area (Å²) < 4.78 is 39.8. The molecule has 0 aliphatic rings.